The number of ether oxygens (including phenoxy) is 1. The second-order valence-corrected chi connectivity index (χ2v) is 8.38. The van der Waals surface area contributed by atoms with Gasteiger partial charge in [0.05, 0.1) is 7.11 Å². The van der Waals surface area contributed by atoms with Crippen LogP contribution in [-0.2, 0) is 18.4 Å². The Morgan fingerprint density at radius 1 is 1.10 bits per heavy atom. The van der Waals surface area contributed by atoms with Gasteiger partial charge in [-0.15, -0.1) is 0 Å². The molecular formula is C26H32N2O3. The van der Waals surface area contributed by atoms with Crippen LogP contribution in [0.5, 0.6) is 5.75 Å². The summed E-state index contributed by atoms with van der Waals surface area (Å²) >= 11 is 0. The number of hydrogen-bond donors (Lipinski definition) is 0. The third-order valence-corrected chi connectivity index (χ3v) is 5.97. The molecule has 1 amide bonds. The van der Waals surface area contributed by atoms with Gasteiger partial charge in [-0.05, 0) is 60.2 Å². The summed E-state index contributed by atoms with van der Waals surface area (Å²) in [5.41, 5.74) is 3.44. The van der Waals surface area contributed by atoms with Crippen molar-refractivity contribution in [2.24, 2.45) is 0 Å². The van der Waals surface area contributed by atoms with Gasteiger partial charge in [0.15, 0.2) is 5.76 Å². The van der Waals surface area contributed by atoms with E-state index in [0.29, 0.717) is 25.3 Å². The fourth-order valence-corrected chi connectivity index (χ4v) is 3.51. The van der Waals surface area contributed by atoms with Gasteiger partial charge in [-0.1, -0.05) is 32.9 Å². The van der Waals surface area contributed by atoms with E-state index in [1.54, 1.807) is 30.5 Å². The van der Waals surface area contributed by atoms with Crippen molar-refractivity contribution in [2.45, 2.75) is 52.5 Å². The molecule has 0 fully saturated rings. The van der Waals surface area contributed by atoms with E-state index in [1.807, 2.05) is 31.2 Å². The molecule has 164 valence electrons. The van der Waals surface area contributed by atoms with Crippen LogP contribution < -0.4 is 4.74 Å². The van der Waals surface area contributed by atoms with Gasteiger partial charge in [0.1, 0.15) is 11.5 Å². The second-order valence-electron chi connectivity index (χ2n) is 8.38. The van der Waals surface area contributed by atoms with E-state index in [9.17, 15) is 4.79 Å². The molecular weight excluding hydrogens is 388 g/mol. The topological polar surface area (TPSA) is 55.6 Å². The molecule has 2 aromatic heterocycles. The molecule has 2 heterocycles. The molecule has 0 unspecified atom stereocenters. The van der Waals surface area contributed by atoms with Gasteiger partial charge in [-0.25, -0.2) is 0 Å². The van der Waals surface area contributed by atoms with Crippen molar-refractivity contribution in [3.05, 3.63) is 83.1 Å². The summed E-state index contributed by atoms with van der Waals surface area (Å²) in [4.78, 5) is 18.8. The molecule has 0 bridgehead atoms. The van der Waals surface area contributed by atoms with Crippen LogP contribution in [0.15, 0.2) is 59.3 Å². The van der Waals surface area contributed by atoms with Gasteiger partial charge in [0, 0.05) is 37.5 Å². The van der Waals surface area contributed by atoms with Crippen LogP contribution >= 0.6 is 0 Å². The number of hydrogen-bond acceptors (Lipinski definition) is 4. The minimum Gasteiger partial charge on any atom is -0.496 e. The maximum atomic E-state index is 13.0. The minimum atomic E-state index is -0.113. The molecule has 0 aliphatic carbocycles. The molecule has 31 heavy (non-hydrogen) atoms. The quantitative estimate of drug-likeness (QED) is 0.451. The van der Waals surface area contributed by atoms with Crippen molar-refractivity contribution in [3.8, 4) is 5.75 Å². The molecule has 1 aromatic carbocycles. The molecule has 0 saturated carbocycles. The minimum absolute atomic E-state index is 0.0832. The van der Waals surface area contributed by atoms with Crippen molar-refractivity contribution in [2.75, 3.05) is 13.7 Å². The molecule has 0 radical (unpaired) electrons. The van der Waals surface area contributed by atoms with Gasteiger partial charge in [0.25, 0.3) is 5.91 Å². The normalized spacial score (nSPS) is 11.4. The fraction of sp³-hybridized carbons (Fsp3) is 0.385. The molecule has 0 N–H and O–H groups in total. The summed E-state index contributed by atoms with van der Waals surface area (Å²) in [5.74, 6) is 1.81. The van der Waals surface area contributed by atoms with Crippen LogP contribution in [0.25, 0.3) is 0 Å². The lowest BCUT2D eigenvalue weighted by atomic mass is 9.81. The Bertz CT molecular complexity index is 1010. The Morgan fingerprint density at radius 3 is 2.48 bits per heavy atom. The molecule has 5 nitrogen and oxygen atoms in total. The zero-order valence-electron chi connectivity index (χ0n) is 19.1. The summed E-state index contributed by atoms with van der Waals surface area (Å²) in [6.45, 7) is 9.76. The van der Waals surface area contributed by atoms with Crippen LogP contribution in [-0.4, -0.2) is 29.4 Å². The smallest absolute Gasteiger partial charge is 0.289 e. The summed E-state index contributed by atoms with van der Waals surface area (Å²) in [6.07, 6.45) is 5.09. The second kappa shape index (κ2) is 9.82. The van der Waals surface area contributed by atoms with Crippen molar-refractivity contribution >= 4 is 5.91 Å². The van der Waals surface area contributed by atoms with E-state index < -0.39 is 0 Å². The summed E-state index contributed by atoms with van der Waals surface area (Å²) in [6, 6.07) is 13.8. The number of rotatable bonds is 9. The zero-order chi connectivity index (χ0) is 22.4. The molecule has 0 aliphatic heterocycles. The monoisotopic (exact) mass is 420 g/mol. The molecule has 3 rings (SSSR count). The molecule has 3 aromatic rings. The number of pyridine rings is 1. The van der Waals surface area contributed by atoms with E-state index in [-0.39, 0.29) is 11.3 Å². The highest BCUT2D eigenvalue weighted by Crippen LogP contribution is 2.32. The number of nitrogens with zero attached hydrogens (tertiary/aromatic N) is 2. The lowest BCUT2D eigenvalue weighted by Crippen LogP contribution is -2.30. The Labute approximate surface area is 185 Å². The van der Waals surface area contributed by atoms with Crippen molar-refractivity contribution in [1.82, 2.24) is 9.88 Å². The number of carbonyl (C=O) groups excluding carboxylic acids is 1. The summed E-state index contributed by atoms with van der Waals surface area (Å²) < 4.78 is 11.5. The fourth-order valence-electron chi connectivity index (χ4n) is 3.51. The predicted molar refractivity (Wildman–Crippen MR) is 122 cm³/mol. The largest absolute Gasteiger partial charge is 0.496 e. The lowest BCUT2D eigenvalue weighted by Gasteiger charge is -2.24. The highest BCUT2D eigenvalue weighted by Gasteiger charge is 2.21. The van der Waals surface area contributed by atoms with Gasteiger partial charge >= 0.3 is 0 Å². The first-order chi connectivity index (χ1) is 14.9. The Morgan fingerprint density at radius 2 is 1.84 bits per heavy atom. The van der Waals surface area contributed by atoms with E-state index in [2.05, 4.69) is 37.9 Å². The highest BCUT2D eigenvalue weighted by molar-refractivity contribution is 5.91. The third kappa shape index (κ3) is 5.35. The maximum absolute atomic E-state index is 13.0. The first-order valence-electron chi connectivity index (χ1n) is 10.8. The summed E-state index contributed by atoms with van der Waals surface area (Å²) in [5, 5.41) is 0. The van der Waals surface area contributed by atoms with Gasteiger partial charge in [-0.2, -0.15) is 0 Å². The van der Waals surface area contributed by atoms with E-state index >= 15 is 0 Å². The lowest BCUT2D eigenvalue weighted by molar-refractivity contribution is 0.0718. The van der Waals surface area contributed by atoms with Crippen molar-refractivity contribution < 1.29 is 13.9 Å². The molecule has 5 heteroatoms. The zero-order valence-corrected chi connectivity index (χ0v) is 19.1. The number of carbonyl (C=O) groups is 1. The SMILES string of the molecule is CCN(Cc1ccncc1)C(=O)c1ccc(Cc2cc(C(C)(C)CC)ccc2OC)o1. The van der Waals surface area contributed by atoms with Crippen LogP contribution in [0.2, 0.25) is 0 Å². The van der Waals surface area contributed by atoms with Crippen LogP contribution in [0.1, 0.15) is 67.1 Å². The molecule has 0 spiro atoms. The predicted octanol–water partition coefficient (Wildman–Crippen LogP) is 5.62. The van der Waals surface area contributed by atoms with Crippen LogP contribution in [0, 0.1) is 0 Å². The Kier molecular flexibility index (Phi) is 7.16. The maximum Gasteiger partial charge on any atom is 0.289 e. The van der Waals surface area contributed by atoms with Gasteiger partial charge < -0.3 is 14.1 Å². The van der Waals surface area contributed by atoms with Crippen molar-refractivity contribution in [3.63, 3.8) is 0 Å². The molecule has 0 aliphatic rings. The molecule has 0 saturated heterocycles. The number of methoxy groups -OCH3 is 1. The van der Waals surface area contributed by atoms with E-state index in [1.165, 1.54) is 5.56 Å². The average Bonchev–Trinajstić information content (AvgIpc) is 3.26. The number of aromatic nitrogens is 1. The van der Waals surface area contributed by atoms with E-state index in [0.717, 1.165) is 29.1 Å². The number of amides is 1. The Balaban J connectivity index is 1.79. The van der Waals surface area contributed by atoms with Crippen molar-refractivity contribution in [1.29, 1.82) is 0 Å². The summed E-state index contributed by atoms with van der Waals surface area (Å²) in [7, 11) is 1.68. The number of furan rings is 1. The number of benzene rings is 1. The average molecular weight is 421 g/mol. The Hall–Kier alpha value is -3.08. The van der Waals surface area contributed by atoms with Gasteiger partial charge in [0.2, 0.25) is 0 Å². The first kappa shape index (κ1) is 22.6. The van der Waals surface area contributed by atoms with E-state index in [4.69, 9.17) is 9.15 Å². The highest BCUT2D eigenvalue weighted by atomic mass is 16.5. The standard InChI is InChI=1S/C26H32N2O3/c1-6-26(3,4)21-8-10-23(30-5)20(16-21)17-22-9-11-24(31-22)25(29)28(7-2)18-19-12-14-27-15-13-19/h8-16H,6-7,17-18H2,1-5H3. The van der Waals surface area contributed by atoms with Gasteiger partial charge in [-0.3, -0.25) is 9.78 Å². The van der Waals surface area contributed by atoms with Crippen LogP contribution in [0.4, 0.5) is 0 Å². The molecule has 0 atom stereocenters. The third-order valence-electron chi connectivity index (χ3n) is 5.97. The first-order valence-corrected chi connectivity index (χ1v) is 10.8. The van der Waals surface area contributed by atoms with Crippen LogP contribution in [0.3, 0.4) is 0 Å².